The lowest BCUT2D eigenvalue weighted by molar-refractivity contribution is -0.140. The molecule has 0 aromatic carbocycles. The van der Waals surface area contributed by atoms with E-state index in [1.807, 2.05) is 13.8 Å². The molecule has 0 fully saturated rings. The van der Waals surface area contributed by atoms with Crippen LogP contribution in [0.3, 0.4) is 0 Å². The lowest BCUT2D eigenvalue weighted by atomic mass is 9.92. The van der Waals surface area contributed by atoms with E-state index in [1.54, 1.807) is 14.2 Å². The Morgan fingerprint density at radius 2 is 2.25 bits per heavy atom. The third kappa shape index (κ3) is 2.79. The monoisotopic (exact) mass is 175 g/mol. The zero-order chi connectivity index (χ0) is 9.78. The number of carbonyl (C=O) groups is 1. The van der Waals surface area contributed by atoms with E-state index in [4.69, 9.17) is 9.84 Å². The van der Waals surface area contributed by atoms with Gasteiger partial charge in [0, 0.05) is 7.11 Å². The van der Waals surface area contributed by atoms with Crippen LogP contribution >= 0.6 is 0 Å². The number of aliphatic carboxylic acids is 1. The van der Waals surface area contributed by atoms with E-state index in [-0.39, 0.29) is 12.5 Å². The lowest BCUT2D eigenvalue weighted by Gasteiger charge is -2.32. The fourth-order valence-electron chi connectivity index (χ4n) is 1.01. The van der Waals surface area contributed by atoms with Gasteiger partial charge in [-0.15, -0.1) is 0 Å². The summed E-state index contributed by atoms with van der Waals surface area (Å²) in [7, 11) is 3.31. The first-order chi connectivity index (χ1) is 5.46. The molecule has 72 valence electrons. The third-order valence-electron chi connectivity index (χ3n) is 2.34. The number of hydrogen-bond acceptors (Lipinski definition) is 3. The summed E-state index contributed by atoms with van der Waals surface area (Å²) in [6.45, 7) is 3.68. The van der Waals surface area contributed by atoms with E-state index >= 15 is 0 Å². The van der Waals surface area contributed by atoms with Gasteiger partial charge >= 0.3 is 5.97 Å². The van der Waals surface area contributed by atoms with Crippen LogP contribution in [0, 0.1) is 0 Å². The van der Waals surface area contributed by atoms with Gasteiger partial charge in [-0.05, 0) is 20.9 Å². The maximum absolute atomic E-state index is 10.5. The molecule has 2 unspecified atom stereocenters. The fourth-order valence-corrected chi connectivity index (χ4v) is 1.01. The number of hydrogen-bond donors (Lipinski definition) is 2. The van der Waals surface area contributed by atoms with Crippen LogP contribution in [0.15, 0.2) is 0 Å². The van der Waals surface area contributed by atoms with Crippen LogP contribution in [0.5, 0.6) is 0 Å². The van der Waals surface area contributed by atoms with Gasteiger partial charge in [-0.25, -0.2) is 0 Å². The summed E-state index contributed by atoms with van der Waals surface area (Å²) < 4.78 is 5.08. The summed E-state index contributed by atoms with van der Waals surface area (Å²) in [6, 6.07) is 0. The lowest BCUT2D eigenvalue weighted by Crippen LogP contribution is -2.51. The van der Waals surface area contributed by atoms with E-state index in [2.05, 4.69) is 5.32 Å². The van der Waals surface area contributed by atoms with Gasteiger partial charge in [-0.3, -0.25) is 4.79 Å². The van der Waals surface area contributed by atoms with Gasteiger partial charge in [0.15, 0.2) is 0 Å². The van der Waals surface area contributed by atoms with Crippen molar-refractivity contribution in [3.63, 3.8) is 0 Å². The van der Waals surface area contributed by atoms with E-state index in [0.29, 0.717) is 0 Å². The highest BCUT2D eigenvalue weighted by molar-refractivity contribution is 5.68. The molecular weight excluding hydrogens is 158 g/mol. The van der Waals surface area contributed by atoms with Crippen LogP contribution in [-0.4, -0.2) is 36.9 Å². The first-order valence-electron chi connectivity index (χ1n) is 3.89. The summed E-state index contributed by atoms with van der Waals surface area (Å²) in [4.78, 5) is 10.5. The normalized spacial score (nSPS) is 18.3. The van der Waals surface area contributed by atoms with Crippen molar-refractivity contribution in [2.45, 2.75) is 31.9 Å². The van der Waals surface area contributed by atoms with Gasteiger partial charge in [0.2, 0.25) is 0 Å². The van der Waals surface area contributed by atoms with Gasteiger partial charge in [-0.2, -0.15) is 0 Å². The number of ether oxygens (including phenoxy) is 1. The Morgan fingerprint density at radius 1 is 1.75 bits per heavy atom. The Bertz CT molecular complexity index is 160. The van der Waals surface area contributed by atoms with Crippen LogP contribution in [0.2, 0.25) is 0 Å². The second-order valence-corrected chi connectivity index (χ2v) is 3.12. The average molecular weight is 175 g/mol. The average Bonchev–Trinajstić information content (AvgIpc) is 2.01. The van der Waals surface area contributed by atoms with Crippen LogP contribution in [0.25, 0.3) is 0 Å². The molecule has 2 atom stereocenters. The molecule has 0 rings (SSSR count). The molecule has 2 N–H and O–H groups in total. The second kappa shape index (κ2) is 4.42. The van der Waals surface area contributed by atoms with Gasteiger partial charge in [-0.1, -0.05) is 0 Å². The van der Waals surface area contributed by atoms with E-state index < -0.39 is 11.5 Å². The fraction of sp³-hybridized carbons (Fsp3) is 0.875. The van der Waals surface area contributed by atoms with E-state index in [0.717, 1.165) is 0 Å². The van der Waals surface area contributed by atoms with Crippen molar-refractivity contribution in [3.05, 3.63) is 0 Å². The molecular formula is C8H17NO3. The summed E-state index contributed by atoms with van der Waals surface area (Å²) >= 11 is 0. The Hall–Kier alpha value is -0.610. The largest absolute Gasteiger partial charge is 0.481 e. The third-order valence-corrected chi connectivity index (χ3v) is 2.34. The Kier molecular flexibility index (Phi) is 4.20. The van der Waals surface area contributed by atoms with Crippen molar-refractivity contribution in [1.82, 2.24) is 5.32 Å². The summed E-state index contributed by atoms with van der Waals surface area (Å²) in [5.41, 5.74) is -0.499. The maximum atomic E-state index is 10.5. The van der Waals surface area contributed by atoms with Crippen LogP contribution in [-0.2, 0) is 9.53 Å². The minimum atomic E-state index is -0.823. The van der Waals surface area contributed by atoms with E-state index in [9.17, 15) is 4.79 Å². The van der Waals surface area contributed by atoms with Crippen molar-refractivity contribution in [2.24, 2.45) is 0 Å². The molecule has 0 aliphatic heterocycles. The quantitative estimate of drug-likeness (QED) is 0.638. The topological polar surface area (TPSA) is 58.6 Å². The summed E-state index contributed by atoms with van der Waals surface area (Å²) in [6.07, 6.45) is -0.0722. The van der Waals surface area contributed by atoms with Crippen molar-refractivity contribution < 1.29 is 14.6 Å². The second-order valence-electron chi connectivity index (χ2n) is 3.12. The smallest absolute Gasteiger partial charge is 0.305 e. The number of likely N-dealkylation sites (N-methyl/N-ethyl adjacent to an activating group) is 1. The Morgan fingerprint density at radius 3 is 2.50 bits per heavy atom. The van der Waals surface area contributed by atoms with Crippen molar-refractivity contribution in [2.75, 3.05) is 14.2 Å². The molecule has 0 saturated carbocycles. The SMILES string of the molecule is CNC(C)(CC(=O)O)C(C)OC. The van der Waals surface area contributed by atoms with Gasteiger partial charge < -0.3 is 15.2 Å². The van der Waals surface area contributed by atoms with Crippen LogP contribution in [0.4, 0.5) is 0 Å². The summed E-state index contributed by atoms with van der Waals surface area (Å²) in [5, 5.41) is 11.6. The van der Waals surface area contributed by atoms with Crippen LogP contribution in [0.1, 0.15) is 20.3 Å². The molecule has 0 heterocycles. The van der Waals surface area contributed by atoms with Crippen molar-refractivity contribution in [1.29, 1.82) is 0 Å². The first-order valence-corrected chi connectivity index (χ1v) is 3.89. The molecule has 0 aliphatic carbocycles. The highest BCUT2D eigenvalue weighted by atomic mass is 16.5. The number of carboxylic acids is 1. The van der Waals surface area contributed by atoms with Crippen LogP contribution < -0.4 is 5.32 Å². The zero-order valence-electron chi connectivity index (χ0n) is 8.05. The van der Waals surface area contributed by atoms with Gasteiger partial charge in [0.25, 0.3) is 0 Å². The Balaban J connectivity index is 4.32. The molecule has 0 aliphatic rings. The molecule has 0 radical (unpaired) electrons. The Labute approximate surface area is 72.9 Å². The molecule has 4 nitrogen and oxygen atoms in total. The van der Waals surface area contributed by atoms with Gasteiger partial charge in [0.05, 0.1) is 18.1 Å². The standard InChI is InChI=1S/C8H17NO3/c1-6(12-4)8(2,9-3)5-7(10)11/h6,9H,5H2,1-4H3,(H,10,11). The molecule has 0 spiro atoms. The number of methoxy groups -OCH3 is 1. The van der Waals surface area contributed by atoms with Gasteiger partial charge in [0.1, 0.15) is 0 Å². The van der Waals surface area contributed by atoms with Crippen molar-refractivity contribution in [3.8, 4) is 0 Å². The molecule has 0 saturated heterocycles. The molecule has 0 aromatic rings. The minimum absolute atomic E-state index is 0.0541. The molecule has 0 amide bonds. The molecule has 0 bridgehead atoms. The summed E-state index contributed by atoms with van der Waals surface area (Å²) in [5.74, 6) is -0.823. The van der Waals surface area contributed by atoms with Crippen molar-refractivity contribution >= 4 is 5.97 Å². The maximum Gasteiger partial charge on any atom is 0.305 e. The molecule has 0 aromatic heterocycles. The minimum Gasteiger partial charge on any atom is -0.481 e. The highest BCUT2D eigenvalue weighted by Crippen LogP contribution is 2.16. The predicted molar refractivity (Wildman–Crippen MR) is 46.2 cm³/mol. The van der Waals surface area contributed by atoms with E-state index in [1.165, 1.54) is 0 Å². The zero-order valence-corrected chi connectivity index (χ0v) is 8.05. The predicted octanol–water partition coefficient (Wildman–Crippen LogP) is 0.474. The molecule has 4 heteroatoms. The highest BCUT2D eigenvalue weighted by Gasteiger charge is 2.31. The molecule has 12 heavy (non-hydrogen) atoms. The first kappa shape index (κ1) is 11.4. The number of carboxylic acid groups (broad SMARTS) is 1. The number of rotatable bonds is 5. The number of nitrogens with one attached hydrogen (secondary N) is 1.